The summed E-state index contributed by atoms with van der Waals surface area (Å²) >= 11 is 0. The summed E-state index contributed by atoms with van der Waals surface area (Å²) in [6.45, 7) is 7.25. The van der Waals surface area contributed by atoms with Gasteiger partial charge in [-0.2, -0.15) is 0 Å². The van der Waals surface area contributed by atoms with E-state index in [-0.39, 0.29) is 12.4 Å². The van der Waals surface area contributed by atoms with Crippen LogP contribution in [0.5, 0.6) is 0 Å². The molecule has 0 unspecified atom stereocenters. The van der Waals surface area contributed by atoms with Gasteiger partial charge in [0.25, 0.3) is 0 Å². The predicted molar refractivity (Wildman–Crippen MR) is 51.2 cm³/mol. The molecule has 0 aromatic rings. The zero-order chi connectivity index (χ0) is 7.40. The summed E-state index contributed by atoms with van der Waals surface area (Å²) in [4.78, 5) is 4.89. The zero-order valence-electron chi connectivity index (χ0n) is 7.55. The van der Waals surface area contributed by atoms with Gasteiger partial charge in [0.2, 0.25) is 0 Å². The molecule has 68 valence electrons. The minimum absolute atomic E-state index is 0. The van der Waals surface area contributed by atoms with Crippen molar-refractivity contribution in [3.8, 4) is 0 Å². The van der Waals surface area contributed by atoms with Crippen LogP contribution in [0, 0.1) is 0 Å². The van der Waals surface area contributed by atoms with Crippen LogP contribution in [0.3, 0.4) is 0 Å². The maximum atomic E-state index is 2.52. The maximum Gasteiger partial charge on any atom is 0.0504 e. The number of unbranched alkanes of at least 4 members (excludes halogenated alkanes) is 1. The molecule has 0 radical (unpaired) electrons. The van der Waals surface area contributed by atoms with Crippen LogP contribution in [0.2, 0.25) is 0 Å². The first-order valence-electron chi connectivity index (χ1n) is 4.24. The van der Waals surface area contributed by atoms with E-state index in [2.05, 4.69) is 23.8 Å². The summed E-state index contributed by atoms with van der Waals surface area (Å²) in [5.41, 5.74) is 0. The number of hydrogen-bond donors (Lipinski definition) is 0. The van der Waals surface area contributed by atoms with Crippen LogP contribution in [0.4, 0.5) is 0 Å². The van der Waals surface area contributed by atoms with Gasteiger partial charge in [0, 0.05) is 13.1 Å². The summed E-state index contributed by atoms with van der Waals surface area (Å²) in [5, 5.41) is 0. The fourth-order valence-corrected chi connectivity index (χ4v) is 1.36. The van der Waals surface area contributed by atoms with Crippen molar-refractivity contribution in [2.45, 2.75) is 19.8 Å². The van der Waals surface area contributed by atoms with E-state index >= 15 is 0 Å². The Kier molecular flexibility index (Phi) is 5.92. The first kappa shape index (κ1) is 11.2. The third kappa shape index (κ3) is 3.94. The molecule has 0 aromatic carbocycles. The van der Waals surface area contributed by atoms with Gasteiger partial charge in [-0.3, -0.25) is 9.80 Å². The molecule has 0 aliphatic carbocycles. The monoisotopic (exact) mass is 178 g/mol. The molecule has 0 bridgehead atoms. The number of nitrogens with zero attached hydrogens (tertiary/aromatic N) is 2. The lowest BCUT2D eigenvalue weighted by molar-refractivity contribution is 0.271. The lowest BCUT2D eigenvalue weighted by Crippen LogP contribution is -2.23. The van der Waals surface area contributed by atoms with Gasteiger partial charge >= 0.3 is 0 Å². The Morgan fingerprint density at radius 2 is 2.00 bits per heavy atom. The number of hydrogen-bond acceptors (Lipinski definition) is 2. The average Bonchev–Trinajstić information content (AvgIpc) is 2.31. The standard InChI is InChI=1S/C8H18N2.ClH/c1-3-4-5-10-7-6-9(2)8-10;/h3-8H2,1-2H3;1H. The Morgan fingerprint density at radius 3 is 2.45 bits per heavy atom. The van der Waals surface area contributed by atoms with Crippen molar-refractivity contribution in [2.75, 3.05) is 33.4 Å². The number of likely N-dealkylation sites (N-methyl/N-ethyl adjacent to an activating group) is 1. The van der Waals surface area contributed by atoms with E-state index in [9.17, 15) is 0 Å². The molecule has 0 saturated carbocycles. The highest BCUT2D eigenvalue weighted by Gasteiger charge is 2.14. The quantitative estimate of drug-likeness (QED) is 0.645. The molecule has 0 spiro atoms. The third-order valence-electron chi connectivity index (χ3n) is 2.07. The van der Waals surface area contributed by atoms with Gasteiger partial charge in [0.1, 0.15) is 0 Å². The van der Waals surface area contributed by atoms with E-state index in [0.717, 1.165) is 0 Å². The van der Waals surface area contributed by atoms with Crippen LogP contribution in [-0.2, 0) is 0 Å². The van der Waals surface area contributed by atoms with Gasteiger partial charge in [-0.05, 0) is 20.0 Å². The van der Waals surface area contributed by atoms with Crippen molar-refractivity contribution in [1.82, 2.24) is 9.80 Å². The lowest BCUT2D eigenvalue weighted by Gasteiger charge is -2.13. The normalized spacial score (nSPS) is 20.2. The molecule has 1 heterocycles. The molecule has 1 rings (SSSR count). The van der Waals surface area contributed by atoms with Gasteiger partial charge in [0.05, 0.1) is 6.67 Å². The molecule has 1 fully saturated rings. The Morgan fingerprint density at radius 1 is 1.27 bits per heavy atom. The van der Waals surface area contributed by atoms with Crippen LogP contribution in [0.25, 0.3) is 0 Å². The van der Waals surface area contributed by atoms with E-state index in [1.54, 1.807) is 0 Å². The van der Waals surface area contributed by atoms with Crippen LogP contribution < -0.4 is 0 Å². The van der Waals surface area contributed by atoms with Crippen molar-refractivity contribution < 1.29 is 0 Å². The fourth-order valence-electron chi connectivity index (χ4n) is 1.36. The largest absolute Gasteiger partial charge is 0.292 e. The highest BCUT2D eigenvalue weighted by atomic mass is 35.5. The molecule has 3 heteroatoms. The van der Waals surface area contributed by atoms with E-state index in [1.807, 2.05) is 0 Å². The topological polar surface area (TPSA) is 6.48 Å². The minimum Gasteiger partial charge on any atom is -0.292 e. The Balaban J connectivity index is 0.000001000. The van der Waals surface area contributed by atoms with Gasteiger partial charge in [0.15, 0.2) is 0 Å². The molecule has 11 heavy (non-hydrogen) atoms. The van der Waals surface area contributed by atoms with E-state index in [0.29, 0.717) is 0 Å². The summed E-state index contributed by atoms with van der Waals surface area (Å²) < 4.78 is 0. The second-order valence-corrected chi connectivity index (χ2v) is 3.19. The Labute approximate surface area is 76.0 Å². The van der Waals surface area contributed by atoms with E-state index in [1.165, 1.54) is 39.1 Å². The van der Waals surface area contributed by atoms with Crippen molar-refractivity contribution in [3.63, 3.8) is 0 Å². The molecule has 2 nitrogen and oxygen atoms in total. The summed E-state index contributed by atoms with van der Waals surface area (Å²) in [5.74, 6) is 0. The predicted octanol–water partition coefficient (Wildman–Crippen LogP) is 1.41. The molecule has 0 aromatic heterocycles. The molecule has 0 amide bonds. The molecule has 0 N–H and O–H groups in total. The van der Waals surface area contributed by atoms with Crippen LogP contribution in [0.15, 0.2) is 0 Å². The van der Waals surface area contributed by atoms with Gasteiger partial charge < -0.3 is 0 Å². The van der Waals surface area contributed by atoms with Gasteiger partial charge in [-0.1, -0.05) is 13.3 Å². The molecule has 1 aliphatic rings. The van der Waals surface area contributed by atoms with Crippen LogP contribution >= 0.6 is 12.4 Å². The summed E-state index contributed by atoms with van der Waals surface area (Å²) in [7, 11) is 2.19. The molecule has 1 aliphatic heterocycles. The highest BCUT2D eigenvalue weighted by molar-refractivity contribution is 5.85. The zero-order valence-corrected chi connectivity index (χ0v) is 8.36. The first-order valence-corrected chi connectivity index (χ1v) is 4.24. The Hall–Kier alpha value is 0.210. The van der Waals surface area contributed by atoms with Crippen LogP contribution in [0.1, 0.15) is 19.8 Å². The van der Waals surface area contributed by atoms with E-state index in [4.69, 9.17) is 0 Å². The van der Waals surface area contributed by atoms with Crippen molar-refractivity contribution in [1.29, 1.82) is 0 Å². The molecule has 1 saturated heterocycles. The second-order valence-electron chi connectivity index (χ2n) is 3.19. The molecular weight excluding hydrogens is 160 g/mol. The second kappa shape index (κ2) is 5.81. The van der Waals surface area contributed by atoms with Gasteiger partial charge in [-0.25, -0.2) is 0 Å². The van der Waals surface area contributed by atoms with Crippen molar-refractivity contribution >= 4 is 12.4 Å². The Bertz CT molecular complexity index is 98.1. The summed E-state index contributed by atoms with van der Waals surface area (Å²) in [6, 6.07) is 0. The van der Waals surface area contributed by atoms with Crippen LogP contribution in [-0.4, -0.2) is 43.2 Å². The van der Waals surface area contributed by atoms with E-state index < -0.39 is 0 Å². The average molecular weight is 179 g/mol. The fraction of sp³-hybridized carbons (Fsp3) is 1.00. The smallest absolute Gasteiger partial charge is 0.0504 e. The first-order chi connectivity index (χ1) is 4.83. The number of rotatable bonds is 3. The van der Waals surface area contributed by atoms with Crippen molar-refractivity contribution in [2.24, 2.45) is 0 Å². The highest BCUT2D eigenvalue weighted by Crippen LogP contribution is 2.02. The molecular formula is C8H19ClN2. The SMILES string of the molecule is CCCCN1CCN(C)C1.Cl. The third-order valence-corrected chi connectivity index (χ3v) is 2.07. The van der Waals surface area contributed by atoms with Crippen molar-refractivity contribution in [3.05, 3.63) is 0 Å². The number of halogens is 1. The van der Waals surface area contributed by atoms with Gasteiger partial charge in [-0.15, -0.1) is 12.4 Å². The maximum absolute atomic E-state index is 2.52. The minimum atomic E-state index is 0. The lowest BCUT2D eigenvalue weighted by atomic mass is 10.3. The molecule has 0 atom stereocenters. The summed E-state index contributed by atoms with van der Waals surface area (Å²) in [6.07, 6.45) is 2.67.